The average Bonchev–Trinajstić information content (AvgIpc) is 2.67. The molecule has 0 aliphatic rings. The van der Waals surface area contributed by atoms with Crippen molar-refractivity contribution in [2.24, 2.45) is 0 Å². The van der Waals surface area contributed by atoms with Gasteiger partial charge in [0, 0.05) is 11.6 Å². The summed E-state index contributed by atoms with van der Waals surface area (Å²) in [6.45, 7) is 0.304. The van der Waals surface area contributed by atoms with E-state index in [9.17, 15) is 9.59 Å². The molecule has 0 unspecified atom stereocenters. The van der Waals surface area contributed by atoms with Gasteiger partial charge in [0.25, 0.3) is 5.56 Å². The van der Waals surface area contributed by atoms with E-state index in [0.717, 1.165) is 5.69 Å². The molecule has 0 fully saturated rings. The number of aromatic amines is 1. The Labute approximate surface area is 93.0 Å². The van der Waals surface area contributed by atoms with Crippen molar-refractivity contribution in [3.8, 4) is 0 Å². The molecule has 0 spiro atoms. The van der Waals surface area contributed by atoms with Crippen molar-refractivity contribution in [1.82, 2.24) is 14.5 Å². The highest BCUT2D eigenvalue weighted by Crippen LogP contribution is 2.03. The van der Waals surface area contributed by atoms with Gasteiger partial charge in [0.1, 0.15) is 5.02 Å². The van der Waals surface area contributed by atoms with E-state index in [4.69, 9.17) is 11.6 Å². The Morgan fingerprint density at radius 2 is 2.33 bits per heavy atom. The first-order chi connectivity index (χ1) is 7.16. The van der Waals surface area contributed by atoms with Crippen molar-refractivity contribution in [2.75, 3.05) is 0 Å². The SMILES string of the molecule is O=c1[nH]c(=O)n(Cc2cscn2)cc1Cl. The molecule has 15 heavy (non-hydrogen) atoms. The van der Waals surface area contributed by atoms with E-state index in [2.05, 4.69) is 9.97 Å². The zero-order chi connectivity index (χ0) is 10.8. The van der Waals surface area contributed by atoms with E-state index in [-0.39, 0.29) is 5.02 Å². The van der Waals surface area contributed by atoms with Crippen molar-refractivity contribution in [3.63, 3.8) is 0 Å². The van der Waals surface area contributed by atoms with Crippen LogP contribution in [-0.4, -0.2) is 14.5 Å². The van der Waals surface area contributed by atoms with Gasteiger partial charge >= 0.3 is 5.69 Å². The minimum atomic E-state index is -0.573. The molecule has 2 heterocycles. The molecular weight excluding hydrogens is 238 g/mol. The van der Waals surface area contributed by atoms with Gasteiger partial charge in [0.15, 0.2) is 0 Å². The first kappa shape index (κ1) is 10.1. The van der Waals surface area contributed by atoms with Crippen LogP contribution < -0.4 is 11.2 Å². The number of hydrogen-bond donors (Lipinski definition) is 1. The van der Waals surface area contributed by atoms with E-state index >= 15 is 0 Å². The van der Waals surface area contributed by atoms with Crippen LogP contribution in [0.2, 0.25) is 5.02 Å². The third-order valence-electron chi connectivity index (χ3n) is 1.78. The average molecular weight is 244 g/mol. The summed E-state index contributed by atoms with van der Waals surface area (Å²) >= 11 is 7.05. The van der Waals surface area contributed by atoms with E-state index in [1.54, 1.807) is 5.51 Å². The Hall–Kier alpha value is -1.40. The maximum absolute atomic E-state index is 11.3. The summed E-state index contributed by atoms with van der Waals surface area (Å²) in [5, 5.41) is 1.82. The molecule has 7 heteroatoms. The molecule has 2 aromatic heterocycles. The number of aromatic nitrogens is 3. The fourth-order valence-electron chi connectivity index (χ4n) is 1.09. The molecule has 2 rings (SSSR count). The Kier molecular flexibility index (Phi) is 2.70. The summed E-state index contributed by atoms with van der Waals surface area (Å²) in [5.41, 5.74) is 1.37. The van der Waals surface area contributed by atoms with Crippen LogP contribution in [0.3, 0.4) is 0 Å². The maximum atomic E-state index is 11.3. The van der Waals surface area contributed by atoms with Crippen LogP contribution in [-0.2, 0) is 6.54 Å². The Balaban J connectivity index is 2.42. The molecule has 0 saturated carbocycles. The fraction of sp³-hybridized carbons (Fsp3) is 0.125. The predicted molar refractivity (Wildman–Crippen MR) is 57.5 cm³/mol. The van der Waals surface area contributed by atoms with Gasteiger partial charge in [-0.05, 0) is 0 Å². The zero-order valence-electron chi connectivity index (χ0n) is 7.44. The second-order valence-corrected chi connectivity index (χ2v) is 3.97. The van der Waals surface area contributed by atoms with Crippen LogP contribution in [0.5, 0.6) is 0 Å². The Morgan fingerprint density at radius 3 is 3.00 bits per heavy atom. The molecule has 2 aromatic rings. The van der Waals surface area contributed by atoms with Gasteiger partial charge in [-0.2, -0.15) is 0 Å². The first-order valence-corrected chi connectivity index (χ1v) is 5.35. The molecule has 0 saturated heterocycles. The van der Waals surface area contributed by atoms with Crippen LogP contribution in [0.25, 0.3) is 0 Å². The van der Waals surface area contributed by atoms with Gasteiger partial charge in [0.2, 0.25) is 0 Å². The summed E-state index contributed by atoms with van der Waals surface area (Å²) in [6, 6.07) is 0. The molecule has 0 aromatic carbocycles. The summed E-state index contributed by atoms with van der Waals surface area (Å²) in [7, 11) is 0. The standard InChI is InChI=1S/C8H6ClN3O2S/c9-6-2-12(8(14)11-7(6)13)1-5-3-15-4-10-5/h2-4H,1H2,(H,11,13,14). The van der Waals surface area contributed by atoms with Gasteiger partial charge in [-0.1, -0.05) is 11.6 Å². The third-order valence-corrected chi connectivity index (χ3v) is 2.69. The molecule has 1 N–H and O–H groups in total. The molecular formula is C8H6ClN3O2S. The fourth-order valence-corrected chi connectivity index (χ4v) is 1.80. The van der Waals surface area contributed by atoms with Gasteiger partial charge in [-0.3, -0.25) is 14.3 Å². The van der Waals surface area contributed by atoms with Crippen LogP contribution in [0.4, 0.5) is 0 Å². The van der Waals surface area contributed by atoms with Gasteiger partial charge in [-0.25, -0.2) is 9.78 Å². The minimum absolute atomic E-state index is 0.00942. The molecule has 0 bridgehead atoms. The van der Waals surface area contributed by atoms with Crippen LogP contribution in [0, 0.1) is 0 Å². The number of nitrogens with one attached hydrogen (secondary N) is 1. The highest BCUT2D eigenvalue weighted by molar-refractivity contribution is 7.07. The van der Waals surface area contributed by atoms with Crippen molar-refractivity contribution < 1.29 is 0 Å². The lowest BCUT2D eigenvalue weighted by Crippen LogP contribution is -2.29. The number of thiazole rings is 1. The molecule has 78 valence electrons. The number of H-pyrrole nitrogens is 1. The van der Waals surface area contributed by atoms with E-state index in [1.165, 1.54) is 22.1 Å². The highest BCUT2D eigenvalue weighted by Gasteiger charge is 2.03. The molecule has 0 aliphatic heterocycles. The largest absolute Gasteiger partial charge is 0.328 e. The van der Waals surface area contributed by atoms with Crippen LogP contribution >= 0.6 is 22.9 Å². The smallest absolute Gasteiger partial charge is 0.293 e. The second-order valence-electron chi connectivity index (χ2n) is 2.84. The molecule has 5 nitrogen and oxygen atoms in total. The van der Waals surface area contributed by atoms with Crippen molar-refractivity contribution >= 4 is 22.9 Å². The summed E-state index contributed by atoms with van der Waals surface area (Å²) < 4.78 is 1.30. The number of rotatable bonds is 2. The second kappa shape index (κ2) is 4.00. The Morgan fingerprint density at radius 1 is 1.53 bits per heavy atom. The van der Waals surface area contributed by atoms with E-state index in [0.29, 0.717) is 6.54 Å². The van der Waals surface area contributed by atoms with Gasteiger partial charge in [0.05, 0.1) is 17.7 Å². The van der Waals surface area contributed by atoms with E-state index < -0.39 is 11.2 Å². The quantitative estimate of drug-likeness (QED) is 0.844. The molecule has 0 aliphatic carbocycles. The third kappa shape index (κ3) is 2.16. The molecule has 0 amide bonds. The predicted octanol–water partition coefficient (Wildman–Crippen LogP) is 0.695. The topological polar surface area (TPSA) is 67.8 Å². The van der Waals surface area contributed by atoms with Gasteiger partial charge < -0.3 is 0 Å². The number of nitrogens with zero attached hydrogens (tertiary/aromatic N) is 2. The summed E-state index contributed by atoms with van der Waals surface area (Å²) in [5.74, 6) is 0. The van der Waals surface area contributed by atoms with Gasteiger partial charge in [-0.15, -0.1) is 11.3 Å². The van der Waals surface area contributed by atoms with Crippen LogP contribution in [0.15, 0.2) is 26.7 Å². The molecule has 0 radical (unpaired) electrons. The summed E-state index contributed by atoms with van der Waals surface area (Å²) in [4.78, 5) is 28.5. The van der Waals surface area contributed by atoms with Crippen molar-refractivity contribution in [1.29, 1.82) is 0 Å². The van der Waals surface area contributed by atoms with Crippen molar-refractivity contribution in [3.05, 3.63) is 48.6 Å². The lowest BCUT2D eigenvalue weighted by atomic mass is 10.5. The minimum Gasteiger partial charge on any atom is -0.293 e. The normalized spacial score (nSPS) is 10.5. The lowest BCUT2D eigenvalue weighted by molar-refractivity contribution is 0.709. The molecule has 0 atom stereocenters. The van der Waals surface area contributed by atoms with Crippen molar-refractivity contribution in [2.45, 2.75) is 6.54 Å². The number of halogens is 1. The summed E-state index contributed by atoms with van der Waals surface area (Å²) in [6.07, 6.45) is 1.31. The number of hydrogen-bond acceptors (Lipinski definition) is 4. The van der Waals surface area contributed by atoms with E-state index in [1.807, 2.05) is 5.38 Å². The zero-order valence-corrected chi connectivity index (χ0v) is 9.01. The highest BCUT2D eigenvalue weighted by atomic mass is 35.5. The first-order valence-electron chi connectivity index (χ1n) is 4.03. The Bertz CT molecular complexity index is 572. The van der Waals surface area contributed by atoms with Crippen LogP contribution in [0.1, 0.15) is 5.69 Å². The maximum Gasteiger partial charge on any atom is 0.328 e. The lowest BCUT2D eigenvalue weighted by Gasteiger charge is -2.01. The monoisotopic (exact) mass is 243 g/mol.